The Labute approximate surface area is 199 Å². The Morgan fingerprint density at radius 3 is 2.32 bits per heavy atom. The van der Waals surface area contributed by atoms with Crippen molar-refractivity contribution in [2.75, 3.05) is 0 Å². The van der Waals surface area contributed by atoms with Crippen molar-refractivity contribution in [3.8, 4) is 11.3 Å². The molecule has 3 heterocycles. The van der Waals surface area contributed by atoms with Gasteiger partial charge >= 0.3 is 4.87 Å². The fourth-order valence-corrected chi connectivity index (χ4v) is 6.49. The second kappa shape index (κ2) is 7.51. The maximum absolute atomic E-state index is 13.6. The highest BCUT2D eigenvalue weighted by Gasteiger charge is 2.44. The smallest absolute Gasteiger partial charge is 0.305 e. The van der Waals surface area contributed by atoms with E-state index >= 15 is 0 Å². The number of nitro benzene ring substituents is 1. The standard InChI is InChI=1S/C24H12N2O6S2/c27-19-13-3-1-2-4-14(13)20(28)21-18(19)17(22-23(33-21)25-24(29)34-22)16-10-9-15(32-16)11-5-7-12(8-6-11)26(30)31/h1-10,17H,(H,25,29). The van der Waals surface area contributed by atoms with Gasteiger partial charge in [0.2, 0.25) is 5.78 Å². The van der Waals surface area contributed by atoms with Crippen molar-refractivity contribution in [2.24, 2.45) is 0 Å². The fraction of sp³-hybridized carbons (Fsp3) is 0.0417. The average Bonchev–Trinajstić information content (AvgIpc) is 3.47. The molecular weight excluding hydrogens is 476 g/mol. The molecule has 166 valence electrons. The zero-order chi connectivity index (χ0) is 23.6. The number of thioether (sulfide) groups is 1. The minimum Gasteiger partial charge on any atom is -0.460 e. The summed E-state index contributed by atoms with van der Waals surface area (Å²) in [5.41, 5.74) is 1.53. The molecule has 6 rings (SSSR count). The zero-order valence-electron chi connectivity index (χ0n) is 17.1. The van der Waals surface area contributed by atoms with Crippen LogP contribution >= 0.6 is 23.1 Å². The minimum atomic E-state index is -0.730. The minimum absolute atomic E-state index is 0.0404. The second-order valence-electron chi connectivity index (χ2n) is 7.70. The van der Waals surface area contributed by atoms with Crippen molar-refractivity contribution in [1.82, 2.24) is 4.98 Å². The number of furan rings is 1. The predicted octanol–water partition coefficient (Wildman–Crippen LogP) is 5.18. The molecule has 1 aliphatic heterocycles. The van der Waals surface area contributed by atoms with Gasteiger partial charge in [0, 0.05) is 34.4 Å². The Balaban J connectivity index is 1.50. The summed E-state index contributed by atoms with van der Waals surface area (Å²) in [5.74, 6) is -0.419. The molecule has 0 fully saturated rings. The van der Waals surface area contributed by atoms with Crippen LogP contribution in [-0.2, 0) is 0 Å². The third kappa shape index (κ3) is 3.03. The number of ketones is 2. The first kappa shape index (κ1) is 20.6. The fourth-order valence-electron chi connectivity index (χ4n) is 4.24. The van der Waals surface area contributed by atoms with Gasteiger partial charge in [-0.25, -0.2) is 0 Å². The van der Waals surface area contributed by atoms with Crippen LogP contribution in [0.5, 0.6) is 0 Å². The van der Waals surface area contributed by atoms with Gasteiger partial charge in [-0.2, -0.15) is 0 Å². The molecule has 2 aromatic heterocycles. The van der Waals surface area contributed by atoms with Gasteiger partial charge in [0.05, 0.1) is 25.6 Å². The molecule has 1 aliphatic carbocycles. The van der Waals surface area contributed by atoms with Crippen molar-refractivity contribution >= 4 is 40.4 Å². The molecule has 10 heteroatoms. The van der Waals surface area contributed by atoms with Crippen molar-refractivity contribution in [3.63, 3.8) is 0 Å². The highest BCUT2D eigenvalue weighted by atomic mass is 32.2. The van der Waals surface area contributed by atoms with Crippen LogP contribution in [-0.4, -0.2) is 21.5 Å². The summed E-state index contributed by atoms with van der Waals surface area (Å²) >= 11 is 2.08. The van der Waals surface area contributed by atoms with E-state index in [1.165, 1.54) is 12.1 Å². The molecule has 0 spiro atoms. The molecule has 34 heavy (non-hydrogen) atoms. The number of aromatic nitrogens is 1. The zero-order valence-corrected chi connectivity index (χ0v) is 18.7. The number of nitrogens with zero attached hydrogens (tertiary/aromatic N) is 1. The molecule has 2 aromatic carbocycles. The molecule has 0 amide bonds. The van der Waals surface area contributed by atoms with E-state index in [0.717, 1.165) is 23.1 Å². The van der Waals surface area contributed by atoms with Gasteiger partial charge in [-0.1, -0.05) is 47.4 Å². The first-order chi connectivity index (χ1) is 16.4. The van der Waals surface area contributed by atoms with E-state index < -0.39 is 10.8 Å². The average molecular weight is 489 g/mol. The number of hydrogen-bond donors (Lipinski definition) is 1. The third-order valence-electron chi connectivity index (χ3n) is 5.78. The van der Waals surface area contributed by atoms with E-state index in [1.807, 2.05) is 0 Å². The summed E-state index contributed by atoms with van der Waals surface area (Å²) in [6.07, 6.45) is 0. The number of nitro groups is 1. The number of rotatable bonds is 3. The van der Waals surface area contributed by atoms with Gasteiger partial charge in [-0.15, -0.1) is 0 Å². The first-order valence-electron chi connectivity index (χ1n) is 10.1. The van der Waals surface area contributed by atoms with E-state index in [-0.39, 0.29) is 27.0 Å². The molecule has 0 radical (unpaired) electrons. The molecule has 4 aromatic rings. The van der Waals surface area contributed by atoms with Crippen molar-refractivity contribution in [3.05, 3.63) is 113 Å². The molecular formula is C24H12N2O6S2. The Bertz CT molecular complexity index is 1620. The van der Waals surface area contributed by atoms with Gasteiger partial charge in [0.1, 0.15) is 11.5 Å². The largest absolute Gasteiger partial charge is 0.460 e. The van der Waals surface area contributed by atoms with Crippen LogP contribution in [0.4, 0.5) is 5.69 Å². The number of carbonyl (C=O) groups excluding carboxylic acids is 2. The van der Waals surface area contributed by atoms with Crippen LogP contribution in [0.25, 0.3) is 11.3 Å². The van der Waals surface area contributed by atoms with Crippen LogP contribution in [0.2, 0.25) is 0 Å². The molecule has 0 saturated heterocycles. The maximum Gasteiger partial charge on any atom is 0.305 e. The third-order valence-corrected chi connectivity index (χ3v) is 7.99. The molecule has 2 aliphatic rings. The molecule has 1 N–H and O–H groups in total. The van der Waals surface area contributed by atoms with E-state index in [9.17, 15) is 24.5 Å². The summed E-state index contributed by atoms with van der Waals surface area (Å²) in [6.45, 7) is 0. The number of thiazole rings is 1. The summed E-state index contributed by atoms with van der Waals surface area (Å²) in [7, 11) is 0. The van der Waals surface area contributed by atoms with E-state index in [1.54, 1.807) is 48.5 Å². The maximum atomic E-state index is 13.6. The lowest BCUT2D eigenvalue weighted by Crippen LogP contribution is -2.26. The SMILES string of the molecule is O=C1C2=C(C(=O)c3ccccc31)C(c1ccc(-c3ccc([N+](=O)[O-])cc3)o1)c1sc(=O)[nH]c1S2. The molecule has 0 saturated carbocycles. The van der Waals surface area contributed by atoms with Crippen LogP contribution < -0.4 is 4.87 Å². The summed E-state index contributed by atoms with van der Waals surface area (Å²) in [6, 6.07) is 16.0. The molecule has 1 atom stereocenters. The normalized spacial score (nSPS) is 16.8. The number of hydrogen-bond acceptors (Lipinski definition) is 8. The van der Waals surface area contributed by atoms with E-state index in [0.29, 0.717) is 43.7 Å². The monoisotopic (exact) mass is 488 g/mol. The van der Waals surface area contributed by atoms with Gasteiger partial charge in [0.25, 0.3) is 5.69 Å². The second-order valence-corrected chi connectivity index (χ2v) is 9.73. The van der Waals surface area contributed by atoms with Gasteiger partial charge < -0.3 is 9.40 Å². The lowest BCUT2D eigenvalue weighted by molar-refractivity contribution is -0.384. The lowest BCUT2D eigenvalue weighted by Gasteiger charge is -2.28. The number of nitrogens with one attached hydrogen (secondary N) is 1. The predicted molar refractivity (Wildman–Crippen MR) is 126 cm³/mol. The van der Waals surface area contributed by atoms with E-state index in [4.69, 9.17) is 4.42 Å². The number of H-pyrrole nitrogens is 1. The summed E-state index contributed by atoms with van der Waals surface area (Å²) in [4.78, 5) is 52.9. The Morgan fingerprint density at radius 2 is 1.62 bits per heavy atom. The van der Waals surface area contributed by atoms with Crippen LogP contribution in [0.1, 0.15) is 37.3 Å². The topological polar surface area (TPSA) is 123 Å². The molecule has 1 unspecified atom stereocenters. The van der Waals surface area contributed by atoms with Crippen molar-refractivity contribution < 1.29 is 18.9 Å². The summed E-state index contributed by atoms with van der Waals surface area (Å²) < 4.78 is 6.11. The summed E-state index contributed by atoms with van der Waals surface area (Å²) in [5, 5.41) is 11.5. The van der Waals surface area contributed by atoms with Crippen molar-refractivity contribution in [2.45, 2.75) is 10.9 Å². The lowest BCUT2D eigenvalue weighted by atomic mass is 9.81. The Kier molecular flexibility index (Phi) is 4.54. The number of aromatic amines is 1. The number of benzene rings is 2. The van der Waals surface area contributed by atoms with Gasteiger partial charge in [-0.05, 0) is 24.3 Å². The van der Waals surface area contributed by atoms with Crippen LogP contribution in [0.15, 0.2) is 85.4 Å². The van der Waals surface area contributed by atoms with Gasteiger partial charge in [0.15, 0.2) is 5.78 Å². The Morgan fingerprint density at radius 1 is 0.912 bits per heavy atom. The highest BCUT2D eigenvalue weighted by Crippen LogP contribution is 2.52. The number of fused-ring (bicyclic) bond motifs is 2. The highest BCUT2D eigenvalue weighted by molar-refractivity contribution is 8.04. The number of carbonyl (C=O) groups is 2. The van der Waals surface area contributed by atoms with Crippen molar-refractivity contribution in [1.29, 1.82) is 0 Å². The van der Waals surface area contributed by atoms with Gasteiger partial charge in [-0.3, -0.25) is 24.5 Å². The van der Waals surface area contributed by atoms with Crippen LogP contribution in [0, 0.1) is 10.1 Å². The Hall–Kier alpha value is -4.02. The number of Topliss-reactive ketones (excluding diaryl/α,β-unsaturated/α-hetero) is 2. The number of allylic oxidation sites excluding steroid dienone is 2. The quantitative estimate of drug-likeness (QED) is 0.311. The molecule has 0 bridgehead atoms. The first-order valence-corrected chi connectivity index (χ1v) is 11.7. The van der Waals surface area contributed by atoms with Crippen LogP contribution in [0.3, 0.4) is 0 Å². The number of non-ortho nitro benzene ring substituents is 1. The molecule has 8 nitrogen and oxygen atoms in total. The van der Waals surface area contributed by atoms with E-state index in [2.05, 4.69) is 4.98 Å².